The number of likely N-dealkylation sites (N-methyl/N-ethyl adjacent to an activating group) is 1. The molecule has 1 aromatic carbocycles. The summed E-state index contributed by atoms with van der Waals surface area (Å²) < 4.78 is 0. The summed E-state index contributed by atoms with van der Waals surface area (Å²) in [6.07, 6.45) is 2.41. The van der Waals surface area contributed by atoms with Gasteiger partial charge in [-0.2, -0.15) is 0 Å². The molecular formula is C15H23N3O. The number of carbonyl (C=O) groups is 1. The number of likely N-dealkylation sites (tertiary alicyclic amines) is 1. The van der Waals surface area contributed by atoms with Crippen LogP contribution < -0.4 is 11.1 Å². The van der Waals surface area contributed by atoms with E-state index in [0.717, 1.165) is 30.9 Å². The van der Waals surface area contributed by atoms with Gasteiger partial charge in [0.15, 0.2) is 0 Å². The predicted molar refractivity (Wildman–Crippen MR) is 78.2 cm³/mol. The molecule has 1 aliphatic rings. The van der Waals surface area contributed by atoms with Gasteiger partial charge in [0, 0.05) is 23.8 Å². The van der Waals surface area contributed by atoms with Gasteiger partial charge in [-0.25, -0.2) is 0 Å². The minimum absolute atomic E-state index is 0.00828. The molecule has 1 saturated heterocycles. The van der Waals surface area contributed by atoms with Gasteiger partial charge >= 0.3 is 0 Å². The third kappa shape index (κ3) is 3.26. The first-order valence-electron chi connectivity index (χ1n) is 7.00. The summed E-state index contributed by atoms with van der Waals surface area (Å²) in [6, 6.07) is 5.91. The minimum atomic E-state index is -0.00828. The van der Waals surface area contributed by atoms with Crippen LogP contribution in [0.5, 0.6) is 0 Å². The van der Waals surface area contributed by atoms with Crippen LogP contribution >= 0.6 is 0 Å². The van der Waals surface area contributed by atoms with E-state index in [0.29, 0.717) is 11.6 Å². The van der Waals surface area contributed by atoms with E-state index in [1.807, 2.05) is 13.0 Å². The highest BCUT2D eigenvalue weighted by Crippen LogP contribution is 2.16. The van der Waals surface area contributed by atoms with Crippen LogP contribution in [0.15, 0.2) is 18.2 Å². The van der Waals surface area contributed by atoms with Gasteiger partial charge in [-0.3, -0.25) is 9.69 Å². The van der Waals surface area contributed by atoms with Gasteiger partial charge in [0.05, 0.1) is 0 Å². The van der Waals surface area contributed by atoms with Crippen molar-refractivity contribution in [3.8, 4) is 0 Å². The molecular weight excluding hydrogens is 238 g/mol. The van der Waals surface area contributed by atoms with Crippen LogP contribution in [0.2, 0.25) is 0 Å². The minimum Gasteiger partial charge on any atom is -0.399 e. The van der Waals surface area contributed by atoms with Gasteiger partial charge < -0.3 is 11.1 Å². The number of hydrogen-bond acceptors (Lipinski definition) is 3. The Morgan fingerprint density at radius 2 is 2.32 bits per heavy atom. The van der Waals surface area contributed by atoms with Crippen molar-refractivity contribution in [1.29, 1.82) is 0 Å². The molecule has 3 N–H and O–H groups in total. The zero-order chi connectivity index (χ0) is 13.8. The summed E-state index contributed by atoms with van der Waals surface area (Å²) in [4.78, 5) is 14.5. The first-order valence-corrected chi connectivity index (χ1v) is 7.00. The van der Waals surface area contributed by atoms with E-state index < -0.39 is 0 Å². The van der Waals surface area contributed by atoms with Crippen molar-refractivity contribution in [3.05, 3.63) is 29.3 Å². The highest BCUT2D eigenvalue weighted by molar-refractivity contribution is 5.94. The number of nitrogens with one attached hydrogen (secondary N) is 1. The normalized spacial score (nSPS) is 19.6. The fourth-order valence-electron chi connectivity index (χ4n) is 2.67. The topological polar surface area (TPSA) is 58.4 Å². The predicted octanol–water partition coefficient (Wildman–Crippen LogP) is 1.79. The van der Waals surface area contributed by atoms with E-state index in [9.17, 15) is 4.79 Å². The molecule has 1 aromatic rings. The lowest BCUT2D eigenvalue weighted by Gasteiger charge is -2.22. The largest absolute Gasteiger partial charge is 0.399 e. The van der Waals surface area contributed by atoms with Crippen molar-refractivity contribution in [1.82, 2.24) is 10.2 Å². The van der Waals surface area contributed by atoms with Crippen molar-refractivity contribution in [2.75, 3.05) is 25.4 Å². The maximum atomic E-state index is 12.1. The van der Waals surface area contributed by atoms with Gasteiger partial charge in [0.1, 0.15) is 0 Å². The number of nitrogens with zero attached hydrogens (tertiary/aromatic N) is 1. The molecule has 1 heterocycles. The number of aryl methyl sites for hydroxylation is 1. The van der Waals surface area contributed by atoms with Crippen LogP contribution in [0.4, 0.5) is 5.69 Å². The highest BCUT2D eigenvalue weighted by atomic mass is 16.1. The van der Waals surface area contributed by atoms with Gasteiger partial charge in [0.25, 0.3) is 5.91 Å². The molecule has 1 aliphatic heterocycles. The maximum absolute atomic E-state index is 12.1. The average Bonchev–Trinajstić information content (AvgIpc) is 2.86. The third-order valence-electron chi connectivity index (χ3n) is 3.94. The van der Waals surface area contributed by atoms with Gasteiger partial charge in [-0.15, -0.1) is 0 Å². The molecule has 4 nitrogen and oxygen atoms in total. The Bertz CT molecular complexity index is 459. The number of rotatable bonds is 4. The smallest absolute Gasteiger partial charge is 0.251 e. The molecule has 0 radical (unpaired) electrons. The van der Waals surface area contributed by atoms with Crippen LogP contribution in [0, 0.1) is 6.92 Å². The second kappa shape index (κ2) is 6.06. The van der Waals surface area contributed by atoms with Crippen molar-refractivity contribution in [3.63, 3.8) is 0 Å². The van der Waals surface area contributed by atoms with E-state index in [1.54, 1.807) is 12.1 Å². The zero-order valence-corrected chi connectivity index (χ0v) is 11.8. The molecule has 1 atom stereocenters. The first kappa shape index (κ1) is 13.9. The van der Waals surface area contributed by atoms with E-state index in [1.165, 1.54) is 12.8 Å². The molecule has 1 amide bonds. The Balaban J connectivity index is 1.92. The van der Waals surface area contributed by atoms with E-state index in [4.69, 9.17) is 5.73 Å². The summed E-state index contributed by atoms with van der Waals surface area (Å²) in [6.45, 7) is 7.03. The summed E-state index contributed by atoms with van der Waals surface area (Å²) in [7, 11) is 0. The van der Waals surface area contributed by atoms with Crippen LogP contribution in [0.3, 0.4) is 0 Å². The number of hydrogen-bond donors (Lipinski definition) is 2. The number of nitrogen functional groups attached to an aromatic ring is 1. The standard InChI is InChI=1S/C15H23N3O/c1-3-18-8-4-5-13(18)10-17-15(19)12-6-7-14(16)11(2)9-12/h6-7,9,13H,3-5,8,10,16H2,1-2H3,(H,17,19). The number of carbonyl (C=O) groups excluding carboxylic acids is 1. The van der Waals surface area contributed by atoms with Crippen LogP contribution in [0.1, 0.15) is 35.7 Å². The Hall–Kier alpha value is -1.55. The van der Waals surface area contributed by atoms with E-state index in [2.05, 4.69) is 17.1 Å². The molecule has 104 valence electrons. The number of nitrogens with two attached hydrogens (primary N) is 1. The maximum Gasteiger partial charge on any atom is 0.251 e. The Morgan fingerprint density at radius 1 is 1.53 bits per heavy atom. The van der Waals surface area contributed by atoms with E-state index in [-0.39, 0.29) is 5.91 Å². The fourth-order valence-corrected chi connectivity index (χ4v) is 2.67. The molecule has 0 bridgehead atoms. The highest BCUT2D eigenvalue weighted by Gasteiger charge is 2.23. The zero-order valence-electron chi connectivity index (χ0n) is 11.8. The Kier molecular flexibility index (Phi) is 4.43. The summed E-state index contributed by atoms with van der Waals surface area (Å²) in [5, 5.41) is 3.03. The van der Waals surface area contributed by atoms with Gasteiger partial charge in [-0.1, -0.05) is 6.92 Å². The van der Waals surface area contributed by atoms with Crippen molar-refractivity contribution >= 4 is 11.6 Å². The third-order valence-corrected chi connectivity index (χ3v) is 3.94. The first-order chi connectivity index (χ1) is 9.11. The molecule has 0 aromatic heterocycles. The van der Waals surface area contributed by atoms with Crippen LogP contribution in [-0.2, 0) is 0 Å². The Morgan fingerprint density at radius 3 is 3.00 bits per heavy atom. The lowest BCUT2D eigenvalue weighted by molar-refractivity contribution is 0.0941. The van der Waals surface area contributed by atoms with Crippen LogP contribution in [-0.4, -0.2) is 36.5 Å². The van der Waals surface area contributed by atoms with Crippen molar-refractivity contribution in [2.45, 2.75) is 32.7 Å². The molecule has 0 spiro atoms. The molecule has 1 fully saturated rings. The second-order valence-electron chi connectivity index (χ2n) is 5.21. The van der Waals surface area contributed by atoms with Crippen LogP contribution in [0.25, 0.3) is 0 Å². The van der Waals surface area contributed by atoms with Crippen molar-refractivity contribution in [2.24, 2.45) is 0 Å². The Labute approximate surface area is 115 Å². The summed E-state index contributed by atoms with van der Waals surface area (Å²) >= 11 is 0. The lowest BCUT2D eigenvalue weighted by atomic mass is 10.1. The summed E-state index contributed by atoms with van der Waals surface area (Å²) in [5.41, 5.74) is 8.12. The molecule has 2 rings (SSSR count). The number of anilines is 1. The SMILES string of the molecule is CCN1CCCC1CNC(=O)c1ccc(N)c(C)c1. The van der Waals surface area contributed by atoms with Crippen molar-refractivity contribution < 1.29 is 4.79 Å². The molecule has 0 aliphatic carbocycles. The fraction of sp³-hybridized carbons (Fsp3) is 0.533. The number of benzene rings is 1. The lowest BCUT2D eigenvalue weighted by Crippen LogP contribution is -2.40. The van der Waals surface area contributed by atoms with Gasteiger partial charge in [0.2, 0.25) is 0 Å². The number of amides is 1. The molecule has 19 heavy (non-hydrogen) atoms. The monoisotopic (exact) mass is 261 g/mol. The second-order valence-corrected chi connectivity index (χ2v) is 5.21. The van der Waals surface area contributed by atoms with E-state index >= 15 is 0 Å². The average molecular weight is 261 g/mol. The molecule has 0 saturated carbocycles. The summed E-state index contributed by atoms with van der Waals surface area (Å²) in [5.74, 6) is -0.00828. The quantitative estimate of drug-likeness (QED) is 0.812. The molecule has 1 unspecified atom stereocenters. The van der Waals surface area contributed by atoms with Gasteiger partial charge in [-0.05, 0) is 56.6 Å². The molecule has 4 heteroatoms.